The highest BCUT2D eigenvalue weighted by atomic mass is 19.1. The van der Waals surface area contributed by atoms with Crippen LogP contribution in [-0.2, 0) is 11.3 Å². The zero-order valence-corrected chi connectivity index (χ0v) is 13.3. The van der Waals surface area contributed by atoms with Gasteiger partial charge in [0.1, 0.15) is 11.6 Å². The molecule has 0 saturated heterocycles. The Kier molecular flexibility index (Phi) is 4.97. The molecule has 9 heteroatoms. The summed E-state index contributed by atoms with van der Waals surface area (Å²) in [5.41, 5.74) is 6.23. The molecule has 3 aromatic rings. The van der Waals surface area contributed by atoms with Crippen molar-refractivity contribution in [3.8, 4) is 0 Å². The van der Waals surface area contributed by atoms with Crippen molar-refractivity contribution in [1.82, 2.24) is 15.0 Å². The molecular formula is C17H13F2N5O2. The quantitative estimate of drug-likeness (QED) is 0.677. The van der Waals surface area contributed by atoms with Gasteiger partial charge in [-0.3, -0.25) is 0 Å². The maximum absolute atomic E-state index is 13.1. The SMILES string of the molecule is Nc1nc(COC(=O)c2cccc(F)c2)nc(Nc2ccc(F)cc2)n1. The summed E-state index contributed by atoms with van der Waals surface area (Å²) in [6.45, 7) is -0.278. The van der Waals surface area contributed by atoms with E-state index in [-0.39, 0.29) is 35.7 Å². The van der Waals surface area contributed by atoms with Crippen LogP contribution < -0.4 is 11.1 Å². The van der Waals surface area contributed by atoms with E-state index in [2.05, 4.69) is 20.3 Å². The second-order valence-corrected chi connectivity index (χ2v) is 5.15. The molecule has 3 N–H and O–H groups in total. The topological polar surface area (TPSA) is 103 Å². The molecule has 2 aromatic carbocycles. The number of aromatic nitrogens is 3. The maximum atomic E-state index is 13.1. The second-order valence-electron chi connectivity index (χ2n) is 5.15. The Morgan fingerprint density at radius 1 is 1.04 bits per heavy atom. The molecule has 1 heterocycles. The summed E-state index contributed by atoms with van der Waals surface area (Å²) >= 11 is 0. The fourth-order valence-electron chi connectivity index (χ4n) is 2.05. The van der Waals surface area contributed by atoms with Crippen LogP contribution in [0.5, 0.6) is 0 Å². The minimum atomic E-state index is -0.725. The van der Waals surface area contributed by atoms with Gasteiger partial charge < -0.3 is 15.8 Å². The molecular weight excluding hydrogens is 344 g/mol. The van der Waals surface area contributed by atoms with Crippen LogP contribution >= 0.6 is 0 Å². The lowest BCUT2D eigenvalue weighted by Gasteiger charge is -2.08. The molecule has 0 bridgehead atoms. The lowest BCUT2D eigenvalue weighted by atomic mass is 10.2. The van der Waals surface area contributed by atoms with Crippen molar-refractivity contribution in [1.29, 1.82) is 0 Å². The number of hydrogen-bond donors (Lipinski definition) is 2. The van der Waals surface area contributed by atoms with Crippen LogP contribution in [0.3, 0.4) is 0 Å². The second kappa shape index (κ2) is 7.51. The van der Waals surface area contributed by atoms with Gasteiger partial charge in [0.2, 0.25) is 11.9 Å². The Balaban J connectivity index is 1.69. The summed E-state index contributed by atoms with van der Waals surface area (Å²) in [6.07, 6.45) is 0. The molecule has 0 saturated carbocycles. The summed E-state index contributed by atoms with van der Waals surface area (Å²) in [5, 5.41) is 2.84. The van der Waals surface area contributed by atoms with Crippen molar-refractivity contribution >= 4 is 23.6 Å². The molecule has 0 fully saturated rings. The van der Waals surface area contributed by atoms with E-state index in [0.29, 0.717) is 5.69 Å². The first-order valence-corrected chi connectivity index (χ1v) is 7.45. The molecule has 0 amide bonds. The van der Waals surface area contributed by atoms with Gasteiger partial charge in [-0.15, -0.1) is 0 Å². The minimum absolute atomic E-state index is 0.0664. The third kappa shape index (κ3) is 4.47. The standard InChI is InChI=1S/C17H13F2N5O2/c18-11-4-6-13(7-5-11)21-17-23-14(22-16(20)24-17)9-26-15(25)10-2-1-3-12(19)8-10/h1-8H,9H2,(H3,20,21,22,23,24). The number of nitrogens with one attached hydrogen (secondary N) is 1. The average molecular weight is 357 g/mol. The Morgan fingerprint density at radius 3 is 2.54 bits per heavy atom. The van der Waals surface area contributed by atoms with Gasteiger partial charge in [0, 0.05) is 5.69 Å². The van der Waals surface area contributed by atoms with Crippen LogP contribution in [-0.4, -0.2) is 20.9 Å². The monoisotopic (exact) mass is 357 g/mol. The Hall–Kier alpha value is -3.62. The normalized spacial score (nSPS) is 10.4. The number of halogens is 2. The molecule has 132 valence electrons. The number of carbonyl (C=O) groups excluding carboxylic acids is 1. The average Bonchev–Trinajstić information content (AvgIpc) is 2.61. The van der Waals surface area contributed by atoms with Crippen LogP contribution in [0, 0.1) is 11.6 Å². The summed E-state index contributed by atoms with van der Waals surface area (Å²) in [6, 6.07) is 10.6. The lowest BCUT2D eigenvalue weighted by molar-refractivity contribution is 0.0461. The van der Waals surface area contributed by atoms with E-state index in [9.17, 15) is 13.6 Å². The number of esters is 1. The highest BCUT2D eigenvalue weighted by Crippen LogP contribution is 2.14. The van der Waals surface area contributed by atoms with Gasteiger partial charge in [0.25, 0.3) is 0 Å². The molecule has 3 rings (SSSR count). The fourth-order valence-corrected chi connectivity index (χ4v) is 2.05. The van der Waals surface area contributed by atoms with Gasteiger partial charge in [-0.25, -0.2) is 13.6 Å². The van der Waals surface area contributed by atoms with Crippen molar-refractivity contribution in [2.75, 3.05) is 11.1 Å². The van der Waals surface area contributed by atoms with Crippen molar-refractivity contribution in [2.24, 2.45) is 0 Å². The number of nitrogens with zero attached hydrogens (tertiary/aromatic N) is 3. The smallest absolute Gasteiger partial charge is 0.338 e. The minimum Gasteiger partial charge on any atom is -0.454 e. The molecule has 0 spiro atoms. The number of rotatable bonds is 5. The van der Waals surface area contributed by atoms with Crippen molar-refractivity contribution in [3.05, 3.63) is 71.6 Å². The molecule has 7 nitrogen and oxygen atoms in total. The first kappa shape index (κ1) is 17.2. The summed E-state index contributed by atoms with van der Waals surface area (Å²) in [5.74, 6) is -1.52. The Morgan fingerprint density at radius 2 is 1.81 bits per heavy atom. The van der Waals surface area contributed by atoms with E-state index in [0.717, 1.165) is 6.07 Å². The van der Waals surface area contributed by atoms with E-state index >= 15 is 0 Å². The largest absolute Gasteiger partial charge is 0.454 e. The highest BCUT2D eigenvalue weighted by molar-refractivity contribution is 5.89. The molecule has 1 aromatic heterocycles. The molecule has 0 aliphatic carbocycles. The van der Waals surface area contributed by atoms with Gasteiger partial charge in [-0.1, -0.05) is 6.07 Å². The first-order valence-electron chi connectivity index (χ1n) is 7.45. The van der Waals surface area contributed by atoms with E-state index < -0.39 is 11.8 Å². The molecule has 26 heavy (non-hydrogen) atoms. The van der Waals surface area contributed by atoms with E-state index in [4.69, 9.17) is 10.5 Å². The lowest BCUT2D eigenvalue weighted by Crippen LogP contribution is -2.11. The predicted octanol–water partition coefficient (Wildman–Crippen LogP) is 2.83. The van der Waals surface area contributed by atoms with Crippen LogP contribution in [0.1, 0.15) is 16.2 Å². The first-order chi connectivity index (χ1) is 12.5. The highest BCUT2D eigenvalue weighted by Gasteiger charge is 2.11. The van der Waals surface area contributed by atoms with Gasteiger partial charge in [0.05, 0.1) is 5.56 Å². The number of nitrogens with two attached hydrogens (primary N) is 1. The van der Waals surface area contributed by atoms with Gasteiger partial charge in [-0.2, -0.15) is 15.0 Å². The number of hydrogen-bond acceptors (Lipinski definition) is 7. The predicted molar refractivity (Wildman–Crippen MR) is 89.4 cm³/mol. The molecule has 0 radical (unpaired) electrons. The van der Waals surface area contributed by atoms with Gasteiger partial charge in [0.15, 0.2) is 12.4 Å². The Labute approximate surface area is 146 Å². The van der Waals surface area contributed by atoms with Crippen molar-refractivity contribution < 1.29 is 18.3 Å². The summed E-state index contributed by atoms with van der Waals surface area (Å²) < 4.78 is 31.1. The molecule has 0 atom stereocenters. The zero-order chi connectivity index (χ0) is 18.5. The van der Waals surface area contributed by atoms with Gasteiger partial charge in [-0.05, 0) is 42.5 Å². The summed E-state index contributed by atoms with van der Waals surface area (Å²) in [7, 11) is 0. The van der Waals surface area contributed by atoms with Crippen LogP contribution in [0.15, 0.2) is 48.5 Å². The molecule has 0 aliphatic rings. The molecule has 0 unspecified atom stereocenters. The number of nitrogen functional groups attached to an aromatic ring is 1. The van der Waals surface area contributed by atoms with E-state index in [1.807, 2.05) is 0 Å². The van der Waals surface area contributed by atoms with Crippen LogP contribution in [0.2, 0.25) is 0 Å². The number of carbonyl (C=O) groups is 1. The van der Waals surface area contributed by atoms with Crippen molar-refractivity contribution in [3.63, 3.8) is 0 Å². The third-order valence-electron chi connectivity index (χ3n) is 3.19. The van der Waals surface area contributed by atoms with Crippen LogP contribution in [0.4, 0.5) is 26.4 Å². The third-order valence-corrected chi connectivity index (χ3v) is 3.19. The zero-order valence-electron chi connectivity index (χ0n) is 13.3. The van der Waals surface area contributed by atoms with Crippen molar-refractivity contribution in [2.45, 2.75) is 6.61 Å². The summed E-state index contributed by atoms with van der Waals surface area (Å²) in [4.78, 5) is 23.8. The van der Waals surface area contributed by atoms with E-state index in [1.165, 1.54) is 42.5 Å². The van der Waals surface area contributed by atoms with E-state index in [1.54, 1.807) is 0 Å². The van der Waals surface area contributed by atoms with Gasteiger partial charge >= 0.3 is 5.97 Å². The number of benzene rings is 2. The maximum Gasteiger partial charge on any atom is 0.338 e. The fraction of sp³-hybridized carbons (Fsp3) is 0.0588. The van der Waals surface area contributed by atoms with Crippen LogP contribution in [0.25, 0.3) is 0 Å². The Bertz CT molecular complexity index is 935. The number of ether oxygens (including phenoxy) is 1. The molecule has 0 aliphatic heterocycles. The number of anilines is 3.